The molecule has 1 spiro atoms. The van der Waals surface area contributed by atoms with Gasteiger partial charge in [0.1, 0.15) is 16.9 Å². The Kier molecular flexibility index (Phi) is 4.89. The predicted molar refractivity (Wildman–Crippen MR) is 108 cm³/mol. The summed E-state index contributed by atoms with van der Waals surface area (Å²) >= 11 is 0. The van der Waals surface area contributed by atoms with Crippen LogP contribution in [0.1, 0.15) is 36.3 Å². The molecule has 1 saturated heterocycles. The first-order valence-corrected chi connectivity index (χ1v) is 9.78. The summed E-state index contributed by atoms with van der Waals surface area (Å²) in [5.74, 6) is -2.80. The normalized spacial score (nSPS) is 25.6. The number of ether oxygens (including phenoxy) is 1. The van der Waals surface area contributed by atoms with Gasteiger partial charge >= 0.3 is 6.03 Å². The summed E-state index contributed by atoms with van der Waals surface area (Å²) in [6.45, 7) is 1.74. The zero-order valence-electron chi connectivity index (χ0n) is 16.7. The van der Waals surface area contributed by atoms with E-state index in [-0.39, 0.29) is 12.2 Å². The average Bonchev–Trinajstić information content (AvgIpc) is 2.74. The van der Waals surface area contributed by atoms with E-state index in [1.807, 2.05) is 18.2 Å². The standard InChI is InChI=1S/C23H22N2O5/c1-13-18(26)12-17(14-8-10-16(30-2)11-9-14)23(19(13)15-6-4-3-5-7-15)20(27)24-22(29)25-21(23)28/h3-11,13,17,19H,12H2,1-2H3,(H2,24,25,27,28,29)/t13-,17+,19-/m0/s1. The Morgan fingerprint density at radius 2 is 1.47 bits per heavy atom. The van der Waals surface area contributed by atoms with Crippen LogP contribution in [0.3, 0.4) is 0 Å². The van der Waals surface area contributed by atoms with Crippen molar-refractivity contribution in [3.8, 4) is 5.75 Å². The average molecular weight is 406 g/mol. The van der Waals surface area contributed by atoms with Crippen LogP contribution < -0.4 is 15.4 Å². The molecular formula is C23H22N2O5. The van der Waals surface area contributed by atoms with E-state index in [0.717, 1.165) is 0 Å². The molecule has 0 unspecified atom stereocenters. The van der Waals surface area contributed by atoms with Crippen molar-refractivity contribution in [3.63, 3.8) is 0 Å². The molecule has 2 aromatic carbocycles. The summed E-state index contributed by atoms with van der Waals surface area (Å²) in [5.41, 5.74) is -0.273. The minimum absolute atomic E-state index is 0.0197. The smallest absolute Gasteiger partial charge is 0.328 e. The molecule has 1 aliphatic heterocycles. The lowest BCUT2D eigenvalue weighted by molar-refractivity contribution is -0.154. The van der Waals surface area contributed by atoms with Gasteiger partial charge < -0.3 is 4.74 Å². The summed E-state index contributed by atoms with van der Waals surface area (Å²) in [4.78, 5) is 51.7. The topological polar surface area (TPSA) is 102 Å². The molecule has 0 bridgehead atoms. The number of methoxy groups -OCH3 is 1. The minimum atomic E-state index is -1.64. The van der Waals surface area contributed by atoms with E-state index < -0.39 is 41.0 Å². The molecule has 4 rings (SSSR count). The van der Waals surface area contributed by atoms with Gasteiger partial charge in [0, 0.05) is 24.2 Å². The number of nitrogens with one attached hydrogen (secondary N) is 2. The Hall–Kier alpha value is -3.48. The van der Waals surface area contributed by atoms with Crippen LogP contribution in [0.2, 0.25) is 0 Å². The predicted octanol–water partition coefficient (Wildman–Crippen LogP) is 2.52. The van der Waals surface area contributed by atoms with Crippen molar-refractivity contribution >= 4 is 23.6 Å². The van der Waals surface area contributed by atoms with Crippen LogP contribution in [-0.2, 0) is 14.4 Å². The molecule has 7 nitrogen and oxygen atoms in total. The van der Waals surface area contributed by atoms with Crippen LogP contribution in [-0.4, -0.2) is 30.7 Å². The number of carbonyl (C=O) groups is 4. The lowest BCUT2D eigenvalue weighted by Gasteiger charge is -2.50. The van der Waals surface area contributed by atoms with Crippen molar-refractivity contribution in [2.75, 3.05) is 7.11 Å². The molecule has 2 aliphatic rings. The number of imide groups is 2. The Balaban J connectivity index is 1.96. The second-order valence-corrected chi connectivity index (χ2v) is 7.78. The molecule has 0 aromatic heterocycles. The maximum atomic E-state index is 13.4. The van der Waals surface area contributed by atoms with Crippen LogP contribution in [0.25, 0.3) is 0 Å². The maximum absolute atomic E-state index is 13.4. The highest BCUT2D eigenvalue weighted by atomic mass is 16.5. The Bertz CT molecular complexity index is 996. The molecule has 4 amide bonds. The zero-order valence-corrected chi connectivity index (χ0v) is 16.7. The van der Waals surface area contributed by atoms with Crippen molar-refractivity contribution in [3.05, 3.63) is 65.7 Å². The first-order valence-electron chi connectivity index (χ1n) is 9.78. The van der Waals surface area contributed by atoms with Crippen molar-refractivity contribution in [1.29, 1.82) is 0 Å². The van der Waals surface area contributed by atoms with E-state index >= 15 is 0 Å². The summed E-state index contributed by atoms with van der Waals surface area (Å²) in [6.07, 6.45) is 0.0197. The fourth-order valence-electron chi connectivity index (χ4n) is 4.92. The number of barbiturate groups is 1. The van der Waals surface area contributed by atoms with Crippen LogP contribution in [0, 0.1) is 11.3 Å². The molecule has 1 aliphatic carbocycles. The number of ketones is 1. The van der Waals surface area contributed by atoms with Gasteiger partial charge in [-0.25, -0.2) is 4.79 Å². The third kappa shape index (κ3) is 2.89. The van der Waals surface area contributed by atoms with Crippen LogP contribution in [0.15, 0.2) is 54.6 Å². The number of carbonyl (C=O) groups excluding carboxylic acids is 4. The van der Waals surface area contributed by atoms with Crippen LogP contribution in [0.4, 0.5) is 4.79 Å². The molecule has 0 radical (unpaired) electrons. The van der Waals surface area contributed by atoms with E-state index in [9.17, 15) is 19.2 Å². The lowest BCUT2D eigenvalue weighted by atomic mass is 9.51. The number of Topliss-reactive ketones (excluding diaryl/α,β-unsaturated/α-hetero) is 1. The molecule has 154 valence electrons. The minimum Gasteiger partial charge on any atom is -0.497 e. The van der Waals surface area contributed by atoms with Gasteiger partial charge in [-0.1, -0.05) is 49.4 Å². The van der Waals surface area contributed by atoms with Gasteiger partial charge in [-0.15, -0.1) is 0 Å². The number of benzene rings is 2. The summed E-state index contributed by atoms with van der Waals surface area (Å²) in [5, 5.41) is 4.56. The molecule has 1 saturated carbocycles. The number of amides is 4. The summed E-state index contributed by atoms with van der Waals surface area (Å²) in [7, 11) is 1.54. The summed E-state index contributed by atoms with van der Waals surface area (Å²) in [6, 6.07) is 15.2. The number of rotatable bonds is 3. The SMILES string of the molecule is COc1ccc([C@H]2CC(=O)[C@H](C)[C@@H](c3ccccc3)C23C(=O)NC(=O)NC3=O)cc1. The van der Waals surface area contributed by atoms with E-state index in [4.69, 9.17) is 4.74 Å². The highest BCUT2D eigenvalue weighted by molar-refractivity contribution is 6.21. The Labute approximate surface area is 173 Å². The molecule has 2 aromatic rings. The monoisotopic (exact) mass is 406 g/mol. The lowest BCUT2D eigenvalue weighted by Crippen LogP contribution is -2.68. The van der Waals surface area contributed by atoms with Crippen LogP contribution in [0.5, 0.6) is 5.75 Å². The second-order valence-electron chi connectivity index (χ2n) is 7.78. The van der Waals surface area contributed by atoms with E-state index in [1.54, 1.807) is 50.4 Å². The van der Waals surface area contributed by atoms with Gasteiger partial charge in [0.2, 0.25) is 11.8 Å². The van der Waals surface area contributed by atoms with E-state index in [2.05, 4.69) is 10.6 Å². The van der Waals surface area contributed by atoms with E-state index in [1.165, 1.54) is 0 Å². The second kappa shape index (κ2) is 7.40. The van der Waals surface area contributed by atoms with E-state index in [0.29, 0.717) is 16.9 Å². The van der Waals surface area contributed by atoms with Gasteiger partial charge in [-0.2, -0.15) is 0 Å². The van der Waals surface area contributed by atoms with Gasteiger partial charge in [-0.3, -0.25) is 25.0 Å². The van der Waals surface area contributed by atoms with Gasteiger partial charge in [0.15, 0.2) is 0 Å². The molecule has 3 atom stereocenters. The number of urea groups is 1. The largest absolute Gasteiger partial charge is 0.497 e. The first-order chi connectivity index (χ1) is 14.4. The third-order valence-corrected chi connectivity index (χ3v) is 6.34. The van der Waals surface area contributed by atoms with Crippen molar-refractivity contribution < 1.29 is 23.9 Å². The molecule has 2 fully saturated rings. The number of hydrogen-bond donors (Lipinski definition) is 2. The molecule has 2 N–H and O–H groups in total. The van der Waals surface area contributed by atoms with Crippen molar-refractivity contribution in [1.82, 2.24) is 10.6 Å². The maximum Gasteiger partial charge on any atom is 0.328 e. The molecule has 30 heavy (non-hydrogen) atoms. The fraction of sp³-hybridized carbons (Fsp3) is 0.304. The number of hydrogen-bond acceptors (Lipinski definition) is 5. The first kappa shape index (κ1) is 19.8. The van der Waals surface area contributed by atoms with Gasteiger partial charge in [0.05, 0.1) is 7.11 Å². The summed E-state index contributed by atoms with van der Waals surface area (Å²) < 4.78 is 5.21. The third-order valence-electron chi connectivity index (χ3n) is 6.34. The Morgan fingerprint density at radius 1 is 0.867 bits per heavy atom. The Morgan fingerprint density at radius 3 is 2.03 bits per heavy atom. The zero-order chi connectivity index (χ0) is 21.5. The molecule has 7 heteroatoms. The van der Waals surface area contributed by atoms with Crippen molar-refractivity contribution in [2.24, 2.45) is 11.3 Å². The highest BCUT2D eigenvalue weighted by Gasteiger charge is 2.65. The quantitative estimate of drug-likeness (QED) is 0.763. The highest BCUT2D eigenvalue weighted by Crippen LogP contribution is 2.57. The van der Waals surface area contributed by atoms with Crippen LogP contribution >= 0.6 is 0 Å². The van der Waals surface area contributed by atoms with Gasteiger partial charge in [-0.05, 0) is 23.3 Å². The molecular weight excluding hydrogens is 384 g/mol. The van der Waals surface area contributed by atoms with Crippen molar-refractivity contribution in [2.45, 2.75) is 25.2 Å². The fourth-order valence-corrected chi connectivity index (χ4v) is 4.92. The molecule has 1 heterocycles. The van der Waals surface area contributed by atoms with Gasteiger partial charge in [0.25, 0.3) is 0 Å².